The van der Waals surface area contributed by atoms with Gasteiger partial charge in [-0.15, -0.1) is 0 Å². The molecule has 0 saturated carbocycles. The van der Waals surface area contributed by atoms with E-state index in [0.717, 1.165) is 17.1 Å². The van der Waals surface area contributed by atoms with Gasteiger partial charge in [-0.2, -0.15) is 14.6 Å². The van der Waals surface area contributed by atoms with Crippen molar-refractivity contribution in [1.29, 1.82) is 5.26 Å². The average Bonchev–Trinajstić information content (AvgIpc) is 3.49. The van der Waals surface area contributed by atoms with Crippen LogP contribution in [-0.4, -0.2) is 23.7 Å². The first-order chi connectivity index (χ1) is 15.9. The quantitative estimate of drug-likeness (QED) is 0.311. The van der Waals surface area contributed by atoms with Crippen molar-refractivity contribution in [2.24, 2.45) is 0 Å². The molecule has 0 radical (unpaired) electrons. The maximum Gasteiger partial charge on any atom is 0.268 e. The molecule has 164 valence electrons. The molecule has 4 rings (SSSR count). The first kappa shape index (κ1) is 22.1. The molecule has 33 heavy (non-hydrogen) atoms. The van der Waals surface area contributed by atoms with Crippen LogP contribution in [0, 0.1) is 11.3 Å². The number of anilines is 1. The van der Waals surface area contributed by atoms with Gasteiger partial charge in [-0.3, -0.25) is 10.1 Å². The second-order valence-electron chi connectivity index (χ2n) is 6.82. The summed E-state index contributed by atoms with van der Waals surface area (Å²) >= 11 is 0.719. The van der Waals surface area contributed by atoms with E-state index in [4.69, 9.17) is 4.42 Å². The minimum Gasteiger partial charge on any atom is -0.457 e. The van der Waals surface area contributed by atoms with Crippen molar-refractivity contribution in [3.63, 3.8) is 0 Å². The zero-order valence-electron chi connectivity index (χ0n) is 17.0. The van der Waals surface area contributed by atoms with Crippen LogP contribution in [0.25, 0.3) is 17.4 Å². The number of furan rings is 1. The first-order valence-electron chi connectivity index (χ1n) is 9.63. The molecule has 0 saturated heterocycles. The van der Waals surface area contributed by atoms with Crippen LogP contribution in [0.5, 0.6) is 0 Å². The Morgan fingerprint density at radius 3 is 2.45 bits per heavy atom. The molecule has 2 aromatic heterocycles. The van der Waals surface area contributed by atoms with E-state index in [1.165, 1.54) is 6.08 Å². The Bertz CT molecular complexity index is 1450. The number of hydrogen-bond acceptors (Lipinski definition) is 8. The molecule has 1 N–H and O–H groups in total. The fourth-order valence-corrected chi connectivity index (χ4v) is 4.97. The van der Waals surface area contributed by atoms with Crippen LogP contribution in [-0.2, 0) is 20.4 Å². The van der Waals surface area contributed by atoms with Gasteiger partial charge in [0.2, 0.25) is 15.0 Å². The Morgan fingerprint density at radius 1 is 1.06 bits per heavy atom. The van der Waals surface area contributed by atoms with Crippen LogP contribution in [0.2, 0.25) is 0 Å². The third-order valence-corrected chi connectivity index (χ3v) is 6.64. The zero-order valence-corrected chi connectivity index (χ0v) is 18.6. The Morgan fingerprint density at radius 2 is 1.76 bits per heavy atom. The number of nitrogens with one attached hydrogen (secondary N) is 1. The van der Waals surface area contributed by atoms with Crippen molar-refractivity contribution in [2.45, 2.75) is 10.9 Å². The maximum atomic E-state index is 12.5. The second-order valence-corrected chi connectivity index (χ2v) is 9.45. The van der Waals surface area contributed by atoms with Crippen molar-refractivity contribution in [3.8, 4) is 17.4 Å². The summed E-state index contributed by atoms with van der Waals surface area (Å²) in [6.45, 7) is 0. The summed E-state index contributed by atoms with van der Waals surface area (Å²) in [5.74, 6) is -0.0944. The molecule has 0 spiro atoms. The molecule has 0 atom stereocenters. The number of nitriles is 1. The number of amides is 1. The van der Waals surface area contributed by atoms with Gasteiger partial charge in [0.15, 0.2) is 0 Å². The lowest BCUT2D eigenvalue weighted by atomic mass is 10.2. The Labute approximate surface area is 193 Å². The minimum atomic E-state index is -3.78. The third-order valence-electron chi connectivity index (χ3n) is 4.44. The lowest BCUT2D eigenvalue weighted by Gasteiger charge is -2.00. The standard InChI is InChI=1S/C23H16N4O4S2/c24-14-18(13-19-11-12-20(31-19)17-9-5-2-6-10-17)21(28)25-22-26-23(27-32-22)33(29,30)15-16-7-3-1-4-8-16/h1-13H,15H2,(H,25,26,27,28)/b18-13-. The van der Waals surface area contributed by atoms with Crippen LogP contribution in [0.4, 0.5) is 5.13 Å². The Hall–Kier alpha value is -4.07. The van der Waals surface area contributed by atoms with Gasteiger partial charge in [-0.25, -0.2) is 8.42 Å². The van der Waals surface area contributed by atoms with Crippen molar-refractivity contribution in [1.82, 2.24) is 9.36 Å². The van der Waals surface area contributed by atoms with Crippen LogP contribution >= 0.6 is 11.5 Å². The second kappa shape index (κ2) is 9.60. The number of nitrogens with zero attached hydrogens (tertiary/aromatic N) is 3. The van der Waals surface area contributed by atoms with E-state index in [1.54, 1.807) is 42.5 Å². The predicted octanol–water partition coefficient (Wildman–Crippen LogP) is 4.32. The minimum absolute atomic E-state index is 0.0304. The Balaban J connectivity index is 1.47. The highest BCUT2D eigenvalue weighted by Crippen LogP contribution is 2.24. The molecule has 0 fully saturated rings. The first-order valence-corrected chi connectivity index (χ1v) is 12.1. The SMILES string of the molecule is N#C/C(=C/c1ccc(-c2ccccc2)o1)C(=O)Nc1nc(S(=O)(=O)Cc2ccccc2)ns1. The monoisotopic (exact) mass is 476 g/mol. The van der Waals surface area contributed by atoms with E-state index < -0.39 is 15.7 Å². The Kier molecular flexibility index (Phi) is 6.44. The predicted molar refractivity (Wildman–Crippen MR) is 124 cm³/mol. The van der Waals surface area contributed by atoms with Crippen molar-refractivity contribution < 1.29 is 17.6 Å². The number of rotatable bonds is 7. The normalized spacial score (nSPS) is 11.7. The van der Waals surface area contributed by atoms with E-state index in [-0.39, 0.29) is 21.6 Å². The van der Waals surface area contributed by atoms with E-state index >= 15 is 0 Å². The molecule has 4 aromatic rings. The van der Waals surface area contributed by atoms with Gasteiger partial charge in [0.1, 0.15) is 23.2 Å². The highest BCUT2D eigenvalue weighted by atomic mass is 32.2. The van der Waals surface area contributed by atoms with Crippen LogP contribution in [0.3, 0.4) is 0 Å². The van der Waals surface area contributed by atoms with Gasteiger partial charge < -0.3 is 4.42 Å². The number of sulfone groups is 1. The van der Waals surface area contributed by atoms with Gasteiger partial charge in [-0.1, -0.05) is 60.7 Å². The van der Waals surface area contributed by atoms with E-state index in [0.29, 0.717) is 17.1 Å². The van der Waals surface area contributed by atoms with Crippen molar-refractivity contribution in [3.05, 3.63) is 89.7 Å². The topological polar surface area (TPSA) is 126 Å². The highest BCUT2D eigenvalue weighted by molar-refractivity contribution is 7.90. The molecule has 10 heteroatoms. The molecule has 1 amide bonds. The van der Waals surface area contributed by atoms with Crippen molar-refractivity contribution in [2.75, 3.05) is 5.32 Å². The molecule has 0 aliphatic heterocycles. The van der Waals surface area contributed by atoms with Crippen molar-refractivity contribution >= 4 is 38.5 Å². The summed E-state index contributed by atoms with van der Waals surface area (Å²) in [7, 11) is -3.78. The van der Waals surface area contributed by atoms with Crippen LogP contribution in [0.15, 0.2) is 87.9 Å². The molecule has 0 aliphatic carbocycles. The summed E-state index contributed by atoms with van der Waals surface area (Å²) < 4.78 is 34.6. The van der Waals surface area contributed by atoms with Gasteiger partial charge >= 0.3 is 0 Å². The highest BCUT2D eigenvalue weighted by Gasteiger charge is 2.22. The number of hydrogen-bond donors (Lipinski definition) is 1. The summed E-state index contributed by atoms with van der Waals surface area (Å²) in [6, 6.07) is 23.2. The largest absolute Gasteiger partial charge is 0.457 e. The molecule has 0 unspecified atom stereocenters. The summed E-state index contributed by atoms with van der Waals surface area (Å²) in [5, 5.41) is 11.4. The fraction of sp³-hybridized carbons (Fsp3) is 0.0435. The van der Waals surface area contributed by atoms with E-state index in [2.05, 4.69) is 14.7 Å². The van der Waals surface area contributed by atoms with E-state index in [1.807, 2.05) is 36.4 Å². The number of carbonyl (C=O) groups excluding carboxylic acids is 1. The molecule has 0 aliphatic rings. The smallest absolute Gasteiger partial charge is 0.268 e. The third kappa shape index (κ3) is 5.41. The molecule has 8 nitrogen and oxygen atoms in total. The number of carbonyl (C=O) groups is 1. The fourth-order valence-electron chi connectivity index (χ4n) is 2.89. The number of aromatic nitrogens is 2. The van der Waals surface area contributed by atoms with Gasteiger partial charge in [-0.05, 0) is 17.7 Å². The summed E-state index contributed by atoms with van der Waals surface area (Å²) in [6.07, 6.45) is 1.30. The van der Waals surface area contributed by atoms with Gasteiger partial charge in [0.25, 0.3) is 11.1 Å². The van der Waals surface area contributed by atoms with Crippen LogP contribution < -0.4 is 5.32 Å². The zero-order chi connectivity index (χ0) is 23.3. The summed E-state index contributed by atoms with van der Waals surface area (Å²) in [5.41, 5.74) is 1.23. The lowest BCUT2D eigenvalue weighted by Crippen LogP contribution is -2.13. The van der Waals surface area contributed by atoms with E-state index in [9.17, 15) is 18.5 Å². The molecule has 2 aromatic carbocycles. The lowest BCUT2D eigenvalue weighted by molar-refractivity contribution is -0.112. The number of benzene rings is 2. The molecule has 2 heterocycles. The maximum absolute atomic E-state index is 12.5. The van der Waals surface area contributed by atoms with Crippen LogP contribution in [0.1, 0.15) is 11.3 Å². The molecular weight excluding hydrogens is 460 g/mol. The summed E-state index contributed by atoms with van der Waals surface area (Å²) in [4.78, 5) is 16.4. The average molecular weight is 477 g/mol. The molecular formula is C23H16N4O4S2. The molecule has 0 bridgehead atoms. The van der Waals surface area contributed by atoms with Gasteiger partial charge in [0.05, 0.1) is 5.75 Å². The van der Waals surface area contributed by atoms with Gasteiger partial charge in [0, 0.05) is 23.2 Å².